The van der Waals surface area contributed by atoms with Crippen LogP contribution in [0.15, 0.2) is 12.1 Å². The highest BCUT2D eigenvalue weighted by molar-refractivity contribution is 5.90. The predicted molar refractivity (Wildman–Crippen MR) is 64.7 cm³/mol. The van der Waals surface area contributed by atoms with Gasteiger partial charge in [0.2, 0.25) is 0 Å². The number of carbonyl (C=O) groups is 1. The molecule has 0 saturated carbocycles. The summed E-state index contributed by atoms with van der Waals surface area (Å²) >= 11 is 0. The molecule has 1 fully saturated rings. The Morgan fingerprint density at radius 1 is 1.35 bits per heavy atom. The molecule has 1 aromatic rings. The molecule has 2 rings (SSSR count). The molecule has 0 aromatic carbocycles. The number of rotatable bonds is 5. The first-order valence-electron chi connectivity index (χ1n) is 5.85. The molecule has 0 bridgehead atoms. The number of hydrogen-bond acceptors (Lipinski definition) is 5. The molecule has 0 unspecified atom stereocenters. The van der Waals surface area contributed by atoms with Crippen molar-refractivity contribution in [3.8, 4) is 0 Å². The van der Waals surface area contributed by atoms with Crippen LogP contribution in [0.25, 0.3) is 0 Å². The first-order chi connectivity index (χ1) is 8.25. The Hall–Kier alpha value is -1.69. The predicted octanol–water partition coefficient (Wildman–Crippen LogP) is 0.0832. The monoisotopic (exact) mass is 235 g/mol. The van der Waals surface area contributed by atoms with E-state index in [0.29, 0.717) is 5.82 Å². The van der Waals surface area contributed by atoms with E-state index in [0.717, 1.165) is 13.1 Å². The first kappa shape index (κ1) is 11.8. The van der Waals surface area contributed by atoms with Crippen molar-refractivity contribution < 1.29 is 4.79 Å². The van der Waals surface area contributed by atoms with Crippen LogP contribution in [0.2, 0.25) is 0 Å². The molecule has 1 amide bonds. The second kappa shape index (κ2) is 5.58. The molecule has 1 aliphatic rings. The van der Waals surface area contributed by atoms with E-state index in [1.807, 2.05) is 0 Å². The van der Waals surface area contributed by atoms with Gasteiger partial charge in [0.15, 0.2) is 5.69 Å². The maximum absolute atomic E-state index is 10.8. The Morgan fingerprint density at radius 2 is 2.12 bits per heavy atom. The average Bonchev–Trinajstić information content (AvgIpc) is 2.83. The van der Waals surface area contributed by atoms with E-state index in [1.165, 1.54) is 25.9 Å². The molecule has 0 spiro atoms. The molecule has 6 heteroatoms. The Kier molecular flexibility index (Phi) is 3.87. The molecule has 0 aliphatic carbocycles. The standard InChI is InChI=1S/C11H17N5O/c12-11(17)9-3-4-10(15-14-9)13-5-8-16-6-1-2-7-16/h3-4H,1-2,5-8H2,(H2,12,17)(H,13,15). The van der Waals surface area contributed by atoms with Crippen molar-refractivity contribution >= 4 is 11.7 Å². The summed E-state index contributed by atoms with van der Waals surface area (Å²) in [5.74, 6) is 0.121. The highest BCUT2D eigenvalue weighted by atomic mass is 16.1. The molecule has 0 radical (unpaired) electrons. The van der Waals surface area contributed by atoms with E-state index in [-0.39, 0.29) is 5.69 Å². The van der Waals surface area contributed by atoms with Gasteiger partial charge in [-0.25, -0.2) is 0 Å². The molecule has 1 aromatic heterocycles. The van der Waals surface area contributed by atoms with Gasteiger partial charge in [0.25, 0.3) is 5.91 Å². The largest absolute Gasteiger partial charge is 0.367 e. The van der Waals surface area contributed by atoms with E-state index in [1.54, 1.807) is 12.1 Å². The fraction of sp³-hybridized carbons (Fsp3) is 0.545. The summed E-state index contributed by atoms with van der Waals surface area (Å²) in [7, 11) is 0. The number of nitrogens with two attached hydrogens (primary N) is 1. The molecule has 3 N–H and O–H groups in total. The fourth-order valence-corrected chi connectivity index (χ4v) is 1.91. The lowest BCUT2D eigenvalue weighted by atomic mass is 10.4. The third kappa shape index (κ3) is 3.39. The second-order valence-corrected chi connectivity index (χ2v) is 4.14. The number of amides is 1. The van der Waals surface area contributed by atoms with Crippen molar-refractivity contribution in [1.29, 1.82) is 0 Å². The van der Waals surface area contributed by atoms with Gasteiger partial charge in [-0.3, -0.25) is 4.79 Å². The van der Waals surface area contributed by atoms with Gasteiger partial charge >= 0.3 is 0 Å². The lowest BCUT2D eigenvalue weighted by Gasteiger charge is -2.14. The summed E-state index contributed by atoms with van der Waals surface area (Å²) in [4.78, 5) is 13.2. The molecule has 17 heavy (non-hydrogen) atoms. The van der Waals surface area contributed by atoms with Crippen LogP contribution in [-0.4, -0.2) is 47.2 Å². The van der Waals surface area contributed by atoms with Crippen molar-refractivity contribution in [2.24, 2.45) is 5.73 Å². The zero-order chi connectivity index (χ0) is 12.1. The van der Waals surface area contributed by atoms with Crippen LogP contribution < -0.4 is 11.1 Å². The topological polar surface area (TPSA) is 84.1 Å². The summed E-state index contributed by atoms with van der Waals surface area (Å²) in [5.41, 5.74) is 5.27. The minimum Gasteiger partial charge on any atom is -0.367 e. The van der Waals surface area contributed by atoms with Crippen molar-refractivity contribution in [1.82, 2.24) is 15.1 Å². The van der Waals surface area contributed by atoms with Gasteiger partial charge in [-0.05, 0) is 38.1 Å². The number of hydrogen-bond donors (Lipinski definition) is 2. The van der Waals surface area contributed by atoms with Gasteiger partial charge in [0.05, 0.1) is 0 Å². The Bertz CT molecular complexity index is 372. The lowest BCUT2D eigenvalue weighted by Crippen LogP contribution is -2.26. The van der Waals surface area contributed by atoms with Crippen LogP contribution in [0.4, 0.5) is 5.82 Å². The Balaban J connectivity index is 1.76. The van der Waals surface area contributed by atoms with E-state index in [2.05, 4.69) is 20.4 Å². The fourth-order valence-electron chi connectivity index (χ4n) is 1.91. The summed E-state index contributed by atoms with van der Waals surface area (Å²) in [6.07, 6.45) is 2.60. The van der Waals surface area contributed by atoms with Crippen molar-refractivity contribution in [3.05, 3.63) is 17.8 Å². The number of nitrogens with one attached hydrogen (secondary N) is 1. The molecule has 1 saturated heterocycles. The van der Waals surface area contributed by atoms with Gasteiger partial charge in [0.1, 0.15) is 5.82 Å². The zero-order valence-corrected chi connectivity index (χ0v) is 9.72. The van der Waals surface area contributed by atoms with Crippen LogP contribution in [0.1, 0.15) is 23.3 Å². The zero-order valence-electron chi connectivity index (χ0n) is 9.72. The highest BCUT2D eigenvalue weighted by Gasteiger charge is 2.10. The highest BCUT2D eigenvalue weighted by Crippen LogP contribution is 2.06. The van der Waals surface area contributed by atoms with Crippen LogP contribution in [0, 0.1) is 0 Å². The number of nitrogens with zero attached hydrogens (tertiary/aromatic N) is 3. The minimum absolute atomic E-state index is 0.190. The van der Waals surface area contributed by atoms with Crippen molar-refractivity contribution in [2.45, 2.75) is 12.8 Å². The summed E-state index contributed by atoms with van der Waals surface area (Å²) < 4.78 is 0. The van der Waals surface area contributed by atoms with E-state index >= 15 is 0 Å². The number of likely N-dealkylation sites (tertiary alicyclic amines) is 1. The van der Waals surface area contributed by atoms with Crippen LogP contribution in [0.3, 0.4) is 0 Å². The number of anilines is 1. The molecule has 6 nitrogen and oxygen atoms in total. The van der Waals surface area contributed by atoms with Gasteiger partial charge in [-0.1, -0.05) is 0 Å². The number of primary amides is 1. The van der Waals surface area contributed by atoms with Gasteiger partial charge < -0.3 is 16.0 Å². The normalized spacial score (nSPS) is 16.0. The molecule has 2 heterocycles. The van der Waals surface area contributed by atoms with Crippen LogP contribution in [-0.2, 0) is 0 Å². The van der Waals surface area contributed by atoms with Gasteiger partial charge in [-0.15, -0.1) is 10.2 Å². The lowest BCUT2D eigenvalue weighted by molar-refractivity contribution is 0.0994. The van der Waals surface area contributed by atoms with Gasteiger partial charge in [0, 0.05) is 13.1 Å². The summed E-state index contributed by atoms with van der Waals surface area (Å²) in [5, 5.41) is 10.8. The van der Waals surface area contributed by atoms with Crippen LogP contribution >= 0.6 is 0 Å². The van der Waals surface area contributed by atoms with Crippen molar-refractivity contribution in [3.63, 3.8) is 0 Å². The Morgan fingerprint density at radius 3 is 2.71 bits per heavy atom. The second-order valence-electron chi connectivity index (χ2n) is 4.14. The smallest absolute Gasteiger partial charge is 0.269 e. The third-order valence-electron chi connectivity index (χ3n) is 2.85. The number of aromatic nitrogens is 2. The molecule has 1 aliphatic heterocycles. The third-order valence-corrected chi connectivity index (χ3v) is 2.85. The summed E-state index contributed by atoms with van der Waals surface area (Å²) in [6.45, 7) is 4.23. The molecular weight excluding hydrogens is 218 g/mol. The van der Waals surface area contributed by atoms with E-state index in [9.17, 15) is 4.79 Å². The molecule has 92 valence electrons. The van der Waals surface area contributed by atoms with E-state index in [4.69, 9.17) is 5.73 Å². The average molecular weight is 235 g/mol. The minimum atomic E-state index is -0.555. The van der Waals surface area contributed by atoms with E-state index < -0.39 is 5.91 Å². The molecular formula is C11H17N5O. The van der Waals surface area contributed by atoms with Crippen molar-refractivity contribution in [2.75, 3.05) is 31.5 Å². The quantitative estimate of drug-likeness (QED) is 0.755. The Labute approximate surface area is 100 Å². The first-order valence-corrected chi connectivity index (χ1v) is 5.85. The summed E-state index contributed by atoms with van der Waals surface area (Å²) in [6, 6.07) is 3.30. The molecule has 0 atom stereocenters. The maximum atomic E-state index is 10.8. The van der Waals surface area contributed by atoms with Gasteiger partial charge in [-0.2, -0.15) is 0 Å². The maximum Gasteiger partial charge on any atom is 0.269 e. The van der Waals surface area contributed by atoms with Crippen LogP contribution in [0.5, 0.6) is 0 Å². The number of carbonyl (C=O) groups excluding carboxylic acids is 1. The SMILES string of the molecule is NC(=O)c1ccc(NCCN2CCCC2)nn1.